The average Bonchev–Trinajstić information content (AvgIpc) is 2.61. The van der Waals surface area contributed by atoms with Crippen molar-refractivity contribution in [3.8, 4) is 0 Å². The number of aromatic nitrogens is 2. The molecule has 1 aromatic heterocycles. The van der Waals surface area contributed by atoms with Crippen molar-refractivity contribution in [1.82, 2.24) is 15.3 Å². The van der Waals surface area contributed by atoms with Gasteiger partial charge in [0, 0.05) is 39.2 Å². The third kappa shape index (κ3) is 3.87. The molecule has 5 nitrogen and oxygen atoms in total. The summed E-state index contributed by atoms with van der Waals surface area (Å²) in [6, 6.07) is 0. The summed E-state index contributed by atoms with van der Waals surface area (Å²) in [6.07, 6.45) is 1.81. The number of hydrogen-bond donors (Lipinski definition) is 2. The monoisotopic (exact) mass is 199 g/mol. The molecule has 1 aromatic rings. The van der Waals surface area contributed by atoms with E-state index >= 15 is 0 Å². The summed E-state index contributed by atoms with van der Waals surface area (Å²) < 4.78 is 9.87. The fourth-order valence-corrected chi connectivity index (χ4v) is 1.10. The van der Waals surface area contributed by atoms with Crippen LogP contribution in [0.4, 0.5) is 0 Å². The van der Waals surface area contributed by atoms with Crippen LogP contribution in [-0.4, -0.2) is 37.3 Å². The Kier molecular flexibility index (Phi) is 5.21. The zero-order chi connectivity index (χ0) is 10.2. The first-order valence-corrected chi connectivity index (χ1v) is 4.58. The van der Waals surface area contributed by atoms with Gasteiger partial charge in [-0.3, -0.25) is 0 Å². The summed E-state index contributed by atoms with van der Waals surface area (Å²) in [7, 11) is 3.34. The van der Waals surface area contributed by atoms with E-state index in [1.54, 1.807) is 14.2 Å². The van der Waals surface area contributed by atoms with Crippen LogP contribution in [0, 0.1) is 0 Å². The molecular formula is C9H17N3O2. The fourth-order valence-electron chi connectivity index (χ4n) is 1.10. The molecule has 0 spiro atoms. The molecule has 0 saturated heterocycles. The molecule has 5 heteroatoms. The molecular weight excluding hydrogens is 182 g/mol. The van der Waals surface area contributed by atoms with Gasteiger partial charge in [0.15, 0.2) is 0 Å². The summed E-state index contributed by atoms with van der Waals surface area (Å²) in [5.41, 5.74) is 1.06. The van der Waals surface area contributed by atoms with E-state index in [0.717, 1.165) is 31.2 Å². The third-order valence-corrected chi connectivity index (χ3v) is 1.76. The largest absolute Gasteiger partial charge is 0.383 e. The summed E-state index contributed by atoms with van der Waals surface area (Å²) in [6.45, 7) is 2.87. The predicted molar refractivity (Wildman–Crippen MR) is 52.9 cm³/mol. The maximum Gasteiger partial charge on any atom is 0.132 e. The number of rotatable bonds is 7. The van der Waals surface area contributed by atoms with Crippen molar-refractivity contribution in [2.75, 3.05) is 27.4 Å². The lowest BCUT2D eigenvalue weighted by atomic mass is 10.4. The second-order valence-electron chi connectivity index (χ2n) is 2.96. The van der Waals surface area contributed by atoms with Gasteiger partial charge in [-0.25, -0.2) is 4.98 Å². The minimum absolute atomic E-state index is 0.526. The molecule has 14 heavy (non-hydrogen) atoms. The van der Waals surface area contributed by atoms with E-state index in [1.807, 2.05) is 6.20 Å². The third-order valence-electron chi connectivity index (χ3n) is 1.76. The van der Waals surface area contributed by atoms with Crippen molar-refractivity contribution in [2.24, 2.45) is 0 Å². The van der Waals surface area contributed by atoms with Crippen molar-refractivity contribution in [3.63, 3.8) is 0 Å². The Labute approximate surface area is 83.8 Å². The van der Waals surface area contributed by atoms with Gasteiger partial charge in [0.05, 0.1) is 6.61 Å². The first-order chi connectivity index (χ1) is 6.86. The normalized spacial score (nSPS) is 10.7. The molecule has 0 amide bonds. The SMILES string of the molecule is COCCNCc1cnc(COC)[nH]1. The molecule has 1 rings (SSSR count). The number of H-pyrrole nitrogens is 1. The van der Waals surface area contributed by atoms with E-state index < -0.39 is 0 Å². The first-order valence-electron chi connectivity index (χ1n) is 4.58. The summed E-state index contributed by atoms with van der Waals surface area (Å²) in [5.74, 6) is 0.857. The van der Waals surface area contributed by atoms with Gasteiger partial charge < -0.3 is 19.8 Å². The topological polar surface area (TPSA) is 59.2 Å². The van der Waals surface area contributed by atoms with Crippen molar-refractivity contribution in [3.05, 3.63) is 17.7 Å². The van der Waals surface area contributed by atoms with Gasteiger partial charge in [0.25, 0.3) is 0 Å². The zero-order valence-corrected chi connectivity index (χ0v) is 8.67. The minimum Gasteiger partial charge on any atom is -0.383 e. The van der Waals surface area contributed by atoms with E-state index in [0.29, 0.717) is 6.61 Å². The van der Waals surface area contributed by atoms with E-state index in [4.69, 9.17) is 9.47 Å². The van der Waals surface area contributed by atoms with Crippen LogP contribution in [0.3, 0.4) is 0 Å². The van der Waals surface area contributed by atoms with Gasteiger partial charge in [-0.2, -0.15) is 0 Å². The molecule has 0 aliphatic carbocycles. The molecule has 0 unspecified atom stereocenters. The van der Waals surface area contributed by atoms with Gasteiger partial charge in [0.2, 0.25) is 0 Å². The van der Waals surface area contributed by atoms with Crippen LogP contribution in [0.25, 0.3) is 0 Å². The highest BCUT2D eigenvalue weighted by Gasteiger charge is 1.98. The second kappa shape index (κ2) is 6.53. The van der Waals surface area contributed by atoms with E-state index in [1.165, 1.54) is 0 Å². The van der Waals surface area contributed by atoms with Gasteiger partial charge in [0.1, 0.15) is 12.4 Å². The molecule has 2 N–H and O–H groups in total. The summed E-state index contributed by atoms with van der Waals surface area (Å²) in [5, 5.41) is 3.22. The lowest BCUT2D eigenvalue weighted by Crippen LogP contribution is -2.18. The molecule has 0 saturated carbocycles. The van der Waals surface area contributed by atoms with Crippen molar-refractivity contribution >= 4 is 0 Å². The molecule has 1 heterocycles. The highest BCUT2D eigenvalue weighted by molar-refractivity contribution is 5.00. The molecule has 0 aliphatic rings. The predicted octanol–water partition coefficient (Wildman–Crippen LogP) is 0.292. The Bertz CT molecular complexity index is 250. The van der Waals surface area contributed by atoms with Crippen LogP contribution < -0.4 is 5.32 Å². The van der Waals surface area contributed by atoms with Gasteiger partial charge >= 0.3 is 0 Å². The van der Waals surface area contributed by atoms with Crippen LogP contribution >= 0.6 is 0 Å². The average molecular weight is 199 g/mol. The minimum atomic E-state index is 0.526. The number of aromatic amines is 1. The van der Waals surface area contributed by atoms with Crippen molar-refractivity contribution in [2.45, 2.75) is 13.2 Å². The highest BCUT2D eigenvalue weighted by Crippen LogP contribution is 1.97. The Morgan fingerprint density at radius 3 is 3.00 bits per heavy atom. The fraction of sp³-hybridized carbons (Fsp3) is 0.667. The number of ether oxygens (including phenoxy) is 2. The number of nitrogens with zero attached hydrogens (tertiary/aromatic N) is 1. The Hall–Kier alpha value is -0.910. The van der Waals surface area contributed by atoms with Crippen molar-refractivity contribution in [1.29, 1.82) is 0 Å². The van der Waals surface area contributed by atoms with E-state index in [9.17, 15) is 0 Å². The van der Waals surface area contributed by atoms with Gasteiger partial charge in [-0.05, 0) is 0 Å². The standard InChI is InChI=1S/C9H17N3O2/c1-13-4-3-10-5-8-6-11-9(12-8)7-14-2/h6,10H,3-5,7H2,1-2H3,(H,11,12). The summed E-state index contributed by atoms with van der Waals surface area (Å²) in [4.78, 5) is 7.30. The van der Waals surface area contributed by atoms with E-state index in [-0.39, 0.29) is 0 Å². The molecule has 0 aromatic carbocycles. The van der Waals surface area contributed by atoms with Gasteiger partial charge in [-0.15, -0.1) is 0 Å². The lowest BCUT2D eigenvalue weighted by Gasteiger charge is -2.01. The quantitative estimate of drug-likeness (QED) is 0.620. The maximum absolute atomic E-state index is 4.95. The van der Waals surface area contributed by atoms with Crippen LogP contribution in [0.15, 0.2) is 6.20 Å². The lowest BCUT2D eigenvalue weighted by molar-refractivity contribution is 0.178. The Balaban J connectivity index is 2.22. The number of methoxy groups -OCH3 is 2. The highest BCUT2D eigenvalue weighted by atomic mass is 16.5. The van der Waals surface area contributed by atoms with Crippen LogP contribution in [-0.2, 0) is 22.6 Å². The molecule has 0 bridgehead atoms. The Morgan fingerprint density at radius 1 is 1.43 bits per heavy atom. The molecule has 0 fully saturated rings. The van der Waals surface area contributed by atoms with Gasteiger partial charge in [-0.1, -0.05) is 0 Å². The molecule has 0 atom stereocenters. The first kappa shape index (κ1) is 11.2. The molecule has 80 valence electrons. The Morgan fingerprint density at radius 2 is 2.29 bits per heavy atom. The van der Waals surface area contributed by atoms with Crippen LogP contribution in [0.1, 0.15) is 11.5 Å². The van der Waals surface area contributed by atoms with Crippen molar-refractivity contribution < 1.29 is 9.47 Å². The van der Waals surface area contributed by atoms with E-state index in [2.05, 4.69) is 15.3 Å². The zero-order valence-electron chi connectivity index (χ0n) is 8.67. The summed E-state index contributed by atoms with van der Waals surface area (Å²) >= 11 is 0. The van der Waals surface area contributed by atoms with Crippen LogP contribution in [0.2, 0.25) is 0 Å². The molecule has 0 radical (unpaired) electrons. The number of imidazole rings is 1. The number of nitrogens with one attached hydrogen (secondary N) is 2. The molecule has 0 aliphatic heterocycles. The smallest absolute Gasteiger partial charge is 0.132 e. The second-order valence-corrected chi connectivity index (χ2v) is 2.96. The maximum atomic E-state index is 4.95. The number of hydrogen-bond acceptors (Lipinski definition) is 4. The van der Waals surface area contributed by atoms with Crippen LogP contribution in [0.5, 0.6) is 0 Å².